The molecule has 0 saturated carbocycles. The minimum absolute atomic E-state index is 0.115. The van der Waals surface area contributed by atoms with Crippen molar-refractivity contribution in [3.05, 3.63) is 136 Å². The van der Waals surface area contributed by atoms with Gasteiger partial charge in [-0.15, -0.1) is 13.2 Å². The number of phenols is 1. The van der Waals surface area contributed by atoms with E-state index < -0.39 is 0 Å². The maximum absolute atomic E-state index is 10.7. The molecule has 0 atom stereocenters. The zero-order valence-corrected chi connectivity index (χ0v) is 39.1. The molecule has 0 radical (unpaired) electrons. The SMILES string of the molecule is C=C.C=CNC(=C)NCc1cc(C(C)(C)C)c(O)c(C(C)(C)C)c1.Cc1c(C(C)(C)C)cc(CNCc2cc(C(C)(C)C)c3c(c2)C(C)(C)C3)cc1C(C)(C)C. The van der Waals surface area contributed by atoms with Gasteiger partial charge in [0.05, 0.1) is 5.82 Å². The first-order valence-corrected chi connectivity index (χ1v) is 20.6. The van der Waals surface area contributed by atoms with Crippen molar-refractivity contribution < 1.29 is 5.11 Å². The summed E-state index contributed by atoms with van der Waals surface area (Å²) >= 11 is 0. The van der Waals surface area contributed by atoms with Gasteiger partial charge in [0.2, 0.25) is 0 Å². The van der Waals surface area contributed by atoms with Crippen molar-refractivity contribution >= 4 is 0 Å². The molecule has 4 nitrogen and oxygen atoms in total. The van der Waals surface area contributed by atoms with Crippen molar-refractivity contribution in [3.8, 4) is 5.75 Å². The first-order chi connectivity index (χ1) is 25.4. The van der Waals surface area contributed by atoms with E-state index >= 15 is 0 Å². The Labute approximate surface area is 344 Å². The Morgan fingerprint density at radius 3 is 1.36 bits per heavy atom. The average molecular weight is 764 g/mol. The summed E-state index contributed by atoms with van der Waals surface area (Å²) in [5, 5.41) is 20.6. The maximum Gasteiger partial charge on any atom is 0.123 e. The first kappa shape index (κ1) is 48.4. The Bertz CT molecular complexity index is 1770. The molecular weight excluding hydrogens is 683 g/mol. The summed E-state index contributed by atoms with van der Waals surface area (Å²) in [7, 11) is 0. The van der Waals surface area contributed by atoms with Crippen molar-refractivity contribution in [1.29, 1.82) is 0 Å². The van der Waals surface area contributed by atoms with Crippen LogP contribution < -0.4 is 16.0 Å². The molecule has 310 valence electrons. The highest BCUT2D eigenvalue weighted by molar-refractivity contribution is 5.53. The molecule has 3 aromatic rings. The minimum atomic E-state index is -0.115. The second-order valence-corrected chi connectivity index (χ2v) is 21.6. The van der Waals surface area contributed by atoms with Crippen LogP contribution in [-0.2, 0) is 58.5 Å². The summed E-state index contributed by atoms with van der Waals surface area (Å²) in [6, 6.07) is 13.9. The number of aromatic hydroxyl groups is 1. The molecule has 0 aliphatic heterocycles. The number of nitrogens with one attached hydrogen (secondary N) is 3. The molecule has 4 rings (SSSR count). The van der Waals surface area contributed by atoms with Gasteiger partial charge in [0.1, 0.15) is 5.75 Å². The fourth-order valence-corrected chi connectivity index (χ4v) is 7.84. The van der Waals surface area contributed by atoms with Gasteiger partial charge in [0.25, 0.3) is 0 Å². The lowest BCUT2D eigenvalue weighted by Gasteiger charge is -2.42. The van der Waals surface area contributed by atoms with Crippen LogP contribution in [0.25, 0.3) is 0 Å². The molecule has 56 heavy (non-hydrogen) atoms. The number of benzene rings is 3. The summed E-state index contributed by atoms with van der Waals surface area (Å²) in [6.45, 7) is 56.7. The molecule has 0 unspecified atom stereocenters. The predicted molar refractivity (Wildman–Crippen MR) is 247 cm³/mol. The van der Waals surface area contributed by atoms with Crippen LogP contribution in [-0.4, -0.2) is 5.11 Å². The molecule has 0 aromatic heterocycles. The van der Waals surface area contributed by atoms with Gasteiger partial charge < -0.3 is 21.1 Å². The standard InChI is InChI=1S/C31H47N.C19H30N2O.C2H4/c1-20-24(28(2,3)4)13-21(14-25(20)29(5,6)7)18-32-19-22-15-26(30(8,9)10)23-17-31(11,12)27(23)16-22;1-9-20-13(2)21-12-14-10-15(18(3,4)5)17(22)16(11-14)19(6,7)8;1-2/h13-16,32H,17-19H2,1-12H3;9-11,20-22H,1-2,12H2,3-8H3;1-2H2. The Kier molecular flexibility index (Phi) is 15.4. The molecule has 1 aliphatic carbocycles. The fourth-order valence-electron chi connectivity index (χ4n) is 7.84. The first-order valence-electron chi connectivity index (χ1n) is 20.6. The second kappa shape index (κ2) is 17.8. The van der Waals surface area contributed by atoms with Crippen molar-refractivity contribution in [2.24, 2.45) is 0 Å². The highest BCUT2D eigenvalue weighted by Gasteiger charge is 2.38. The monoisotopic (exact) mass is 764 g/mol. The molecule has 0 heterocycles. The van der Waals surface area contributed by atoms with Crippen molar-refractivity contribution in [2.45, 2.75) is 183 Å². The Balaban J connectivity index is 0.000000396. The molecule has 4 heteroatoms. The summed E-state index contributed by atoms with van der Waals surface area (Å²) < 4.78 is 0. The van der Waals surface area contributed by atoms with Gasteiger partial charge in [-0.2, -0.15) is 0 Å². The number of hydrogen-bond acceptors (Lipinski definition) is 4. The number of phenolic OH excluding ortho intramolecular Hbond substituents is 1. The van der Waals surface area contributed by atoms with Gasteiger partial charge in [-0.1, -0.05) is 155 Å². The molecular formula is C52H81N3O. The zero-order valence-electron chi connectivity index (χ0n) is 39.1. The smallest absolute Gasteiger partial charge is 0.123 e. The van der Waals surface area contributed by atoms with Crippen LogP contribution >= 0.6 is 0 Å². The molecule has 3 aromatic carbocycles. The minimum Gasteiger partial charge on any atom is -0.507 e. The van der Waals surface area contributed by atoms with Crippen LogP contribution in [0.3, 0.4) is 0 Å². The van der Waals surface area contributed by atoms with Gasteiger partial charge in [-0.05, 0) is 125 Å². The zero-order chi connectivity index (χ0) is 43.4. The number of hydrogen-bond donors (Lipinski definition) is 4. The van der Waals surface area contributed by atoms with E-state index in [0.29, 0.717) is 23.5 Å². The van der Waals surface area contributed by atoms with Crippen LogP contribution in [0.2, 0.25) is 0 Å². The van der Waals surface area contributed by atoms with Crippen molar-refractivity contribution in [2.75, 3.05) is 0 Å². The van der Waals surface area contributed by atoms with E-state index in [1.807, 2.05) is 0 Å². The molecule has 1 aliphatic rings. The highest BCUT2D eigenvalue weighted by atomic mass is 16.3. The quantitative estimate of drug-likeness (QED) is 0.164. The Morgan fingerprint density at radius 1 is 0.625 bits per heavy atom. The Hall–Kier alpha value is -3.76. The van der Waals surface area contributed by atoms with E-state index in [1.165, 1.54) is 39.8 Å². The van der Waals surface area contributed by atoms with Crippen LogP contribution in [0.1, 0.15) is 179 Å². The molecule has 0 saturated heterocycles. The van der Waals surface area contributed by atoms with Crippen LogP contribution in [0.15, 0.2) is 74.7 Å². The summed E-state index contributed by atoms with van der Waals surface area (Å²) in [5.74, 6) is 1.12. The lowest BCUT2D eigenvalue weighted by Crippen LogP contribution is -2.36. The van der Waals surface area contributed by atoms with Gasteiger partial charge in [0.15, 0.2) is 0 Å². The van der Waals surface area contributed by atoms with E-state index in [0.717, 1.165) is 29.8 Å². The molecule has 4 N–H and O–H groups in total. The average Bonchev–Trinajstić information content (AvgIpc) is 3.03. The van der Waals surface area contributed by atoms with Crippen molar-refractivity contribution in [3.63, 3.8) is 0 Å². The van der Waals surface area contributed by atoms with Crippen molar-refractivity contribution in [1.82, 2.24) is 16.0 Å². The molecule has 0 amide bonds. The van der Waals surface area contributed by atoms with E-state index in [1.54, 1.807) is 17.3 Å². The second-order valence-electron chi connectivity index (χ2n) is 21.6. The fraction of sp³-hybridized carbons (Fsp3) is 0.538. The number of rotatable bonds is 9. The molecule has 0 bridgehead atoms. The van der Waals surface area contributed by atoms with Gasteiger partial charge in [-0.3, -0.25) is 0 Å². The van der Waals surface area contributed by atoms with E-state index in [9.17, 15) is 5.11 Å². The maximum atomic E-state index is 10.7. The molecule has 0 spiro atoms. The van der Waals surface area contributed by atoms with E-state index in [4.69, 9.17) is 0 Å². The normalized spacial score (nSPS) is 13.9. The highest BCUT2D eigenvalue weighted by Crippen LogP contribution is 2.46. The van der Waals surface area contributed by atoms with E-state index in [-0.39, 0.29) is 27.1 Å². The summed E-state index contributed by atoms with van der Waals surface area (Å²) in [4.78, 5) is 0. The summed E-state index contributed by atoms with van der Waals surface area (Å²) in [5.41, 5.74) is 15.5. The lowest BCUT2D eigenvalue weighted by molar-refractivity contribution is 0.422. The van der Waals surface area contributed by atoms with Gasteiger partial charge >= 0.3 is 0 Å². The van der Waals surface area contributed by atoms with Crippen LogP contribution in [0.5, 0.6) is 5.75 Å². The van der Waals surface area contributed by atoms with Gasteiger partial charge in [-0.25, -0.2) is 0 Å². The third-order valence-electron chi connectivity index (χ3n) is 10.8. The van der Waals surface area contributed by atoms with Crippen LogP contribution in [0.4, 0.5) is 0 Å². The van der Waals surface area contributed by atoms with E-state index in [2.05, 4.69) is 203 Å². The largest absolute Gasteiger partial charge is 0.507 e. The third kappa shape index (κ3) is 12.4. The Morgan fingerprint density at radius 2 is 0.982 bits per heavy atom. The molecule has 0 fully saturated rings. The van der Waals surface area contributed by atoms with Gasteiger partial charge in [0, 0.05) is 19.6 Å². The third-order valence-corrected chi connectivity index (χ3v) is 10.8. The summed E-state index contributed by atoms with van der Waals surface area (Å²) in [6.07, 6.45) is 2.80. The number of fused-ring (bicyclic) bond motifs is 1. The lowest BCUT2D eigenvalue weighted by atomic mass is 9.62. The topological polar surface area (TPSA) is 56.3 Å². The predicted octanol–water partition coefficient (Wildman–Crippen LogP) is 13.1. The van der Waals surface area contributed by atoms with Crippen LogP contribution in [0, 0.1) is 6.92 Å².